The molecule has 4 heteroatoms. The van der Waals surface area contributed by atoms with Gasteiger partial charge < -0.3 is 9.32 Å². The topological polar surface area (TPSA) is 36.7 Å². The van der Waals surface area contributed by atoms with Crippen molar-refractivity contribution >= 4 is 16.9 Å². The van der Waals surface area contributed by atoms with Crippen LogP contribution in [0.3, 0.4) is 0 Å². The van der Waals surface area contributed by atoms with Crippen molar-refractivity contribution < 1.29 is 9.21 Å². The molecule has 25 heavy (non-hydrogen) atoms. The van der Waals surface area contributed by atoms with Gasteiger partial charge in [-0.2, -0.15) is 0 Å². The van der Waals surface area contributed by atoms with E-state index in [4.69, 9.17) is 10.8 Å². The molecule has 2 aromatic rings. The van der Waals surface area contributed by atoms with Gasteiger partial charge in [0.2, 0.25) is 5.91 Å². The summed E-state index contributed by atoms with van der Waals surface area (Å²) in [5, 5.41) is 1.10. The third-order valence-electron chi connectivity index (χ3n) is 5.07. The molecule has 0 saturated carbocycles. The Labute approximate surface area is 149 Å². The monoisotopic (exact) mass is 338 g/mol. The number of fused-ring (bicyclic) bond motifs is 1. The molecule has 0 N–H and O–H groups in total. The molecule has 3 rings (SSSR count). The molecule has 2 heterocycles. The number of aryl methyl sites for hydroxylation is 1. The summed E-state index contributed by atoms with van der Waals surface area (Å²) >= 11 is 0. The van der Waals surface area contributed by atoms with Crippen LogP contribution < -0.4 is 0 Å². The molecule has 1 atom stereocenters. The number of terminal acetylenes is 1. The van der Waals surface area contributed by atoms with Gasteiger partial charge in [-0.3, -0.25) is 9.69 Å². The van der Waals surface area contributed by atoms with Gasteiger partial charge in [-0.05, 0) is 25.5 Å². The highest BCUT2D eigenvalue weighted by Gasteiger charge is 2.30. The van der Waals surface area contributed by atoms with Gasteiger partial charge in [-0.15, -0.1) is 6.42 Å². The van der Waals surface area contributed by atoms with Crippen molar-refractivity contribution in [2.75, 3.05) is 20.1 Å². The first-order chi connectivity index (χ1) is 12.2. The largest absolute Gasteiger partial charge is 0.461 e. The zero-order valence-corrected chi connectivity index (χ0v) is 15.1. The zero-order valence-electron chi connectivity index (χ0n) is 15.1. The molecule has 0 bridgehead atoms. The highest BCUT2D eigenvalue weighted by molar-refractivity contribution is 5.85. The van der Waals surface area contributed by atoms with E-state index in [1.165, 1.54) is 0 Å². The molecule has 1 aliphatic heterocycles. The Balaban J connectivity index is 1.81. The first kappa shape index (κ1) is 17.6. The molecule has 1 fully saturated rings. The first-order valence-corrected chi connectivity index (χ1v) is 9.07. The number of likely N-dealkylation sites (tertiary alicyclic amines) is 1. The van der Waals surface area contributed by atoms with E-state index in [2.05, 4.69) is 23.8 Å². The van der Waals surface area contributed by atoms with Gasteiger partial charge in [0, 0.05) is 31.0 Å². The number of piperidine rings is 1. The smallest absolute Gasteiger partial charge is 0.239 e. The number of furan rings is 1. The lowest BCUT2D eigenvalue weighted by Crippen LogP contribution is -2.49. The van der Waals surface area contributed by atoms with E-state index in [0.717, 1.165) is 54.5 Å². The van der Waals surface area contributed by atoms with E-state index in [-0.39, 0.29) is 11.9 Å². The van der Waals surface area contributed by atoms with Gasteiger partial charge in [0.15, 0.2) is 0 Å². The minimum absolute atomic E-state index is 0.0990. The van der Waals surface area contributed by atoms with E-state index in [1.807, 2.05) is 30.1 Å². The summed E-state index contributed by atoms with van der Waals surface area (Å²) in [5.74, 6) is 3.81. The van der Waals surface area contributed by atoms with Crippen LogP contribution >= 0.6 is 0 Å². The molecule has 0 aliphatic carbocycles. The van der Waals surface area contributed by atoms with E-state index >= 15 is 0 Å². The number of hydrogen-bond acceptors (Lipinski definition) is 3. The molecule has 1 aliphatic rings. The maximum Gasteiger partial charge on any atom is 0.239 e. The Morgan fingerprint density at radius 1 is 1.40 bits per heavy atom. The summed E-state index contributed by atoms with van der Waals surface area (Å²) in [6, 6.07) is 7.94. The number of para-hydroxylation sites is 1. The van der Waals surface area contributed by atoms with Gasteiger partial charge >= 0.3 is 0 Å². The number of rotatable bonds is 5. The highest BCUT2D eigenvalue weighted by atomic mass is 16.3. The lowest BCUT2D eigenvalue weighted by Gasteiger charge is -2.35. The molecule has 0 radical (unpaired) electrons. The highest BCUT2D eigenvalue weighted by Crippen LogP contribution is 2.28. The van der Waals surface area contributed by atoms with E-state index in [0.29, 0.717) is 13.1 Å². The molecule has 1 aromatic carbocycles. The lowest BCUT2D eigenvalue weighted by atomic mass is 10.0. The summed E-state index contributed by atoms with van der Waals surface area (Å²) in [5.41, 5.74) is 2.01. The summed E-state index contributed by atoms with van der Waals surface area (Å²) in [6.07, 6.45) is 9.38. The van der Waals surface area contributed by atoms with Crippen molar-refractivity contribution in [3.05, 3.63) is 35.6 Å². The molecule has 1 aromatic heterocycles. The maximum atomic E-state index is 13.0. The third-order valence-corrected chi connectivity index (χ3v) is 5.07. The summed E-state index contributed by atoms with van der Waals surface area (Å²) in [4.78, 5) is 17.0. The first-order valence-electron chi connectivity index (χ1n) is 9.07. The molecule has 1 saturated heterocycles. The Bertz CT molecular complexity index is 787. The molecular weight excluding hydrogens is 312 g/mol. The Morgan fingerprint density at radius 3 is 2.96 bits per heavy atom. The van der Waals surface area contributed by atoms with Gasteiger partial charge in [-0.25, -0.2) is 0 Å². The SMILES string of the molecule is C#CCN1CCCCC1C(=O)N(C)Cc1c(CC)oc2ccccc12. The number of carbonyl (C=O) groups excluding carboxylic acids is 1. The van der Waals surface area contributed by atoms with E-state index in [9.17, 15) is 4.79 Å². The molecule has 132 valence electrons. The van der Waals surface area contributed by atoms with Crippen molar-refractivity contribution in [1.29, 1.82) is 0 Å². The fourth-order valence-corrected chi connectivity index (χ4v) is 3.76. The average molecular weight is 338 g/mol. The standard InChI is InChI=1S/C21H26N2O2/c1-4-13-23-14-9-8-11-18(23)21(24)22(3)15-17-16-10-6-7-12-20(16)25-19(17)5-2/h1,6-7,10,12,18H,5,8-9,11,13-15H2,2-3H3. The van der Waals surface area contributed by atoms with Crippen LogP contribution in [0.15, 0.2) is 28.7 Å². The molecule has 0 spiro atoms. The summed E-state index contributed by atoms with van der Waals surface area (Å²) < 4.78 is 5.96. The van der Waals surface area contributed by atoms with Crippen LogP contribution in [-0.2, 0) is 17.8 Å². The average Bonchev–Trinajstić information content (AvgIpc) is 2.99. The van der Waals surface area contributed by atoms with Crippen LogP contribution in [0.1, 0.15) is 37.5 Å². The number of nitrogens with zero attached hydrogens (tertiary/aromatic N) is 2. The van der Waals surface area contributed by atoms with E-state index in [1.54, 1.807) is 0 Å². The number of likely N-dealkylation sites (N-methyl/N-ethyl adjacent to an activating group) is 1. The molecule has 1 unspecified atom stereocenters. The molecule has 4 nitrogen and oxygen atoms in total. The second-order valence-corrected chi connectivity index (χ2v) is 6.73. The van der Waals surface area contributed by atoms with Crippen LogP contribution in [0.4, 0.5) is 0 Å². The van der Waals surface area contributed by atoms with Crippen molar-refractivity contribution in [2.24, 2.45) is 0 Å². The predicted octanol–water partition coefficient (Wildman–Crippen LogP) is 3.44. The fraction of sp³-hybridized carbons (Fsp3) is 0.476. The van der Waals surface area contributed by atoms with Crippen molar-refractivity contribution in [1.82, 2.24) is 9.80 Å². The Morgan fingerprint density at radius 2 is 2.20 bits per heavy atom. The lowest BCUT2D eigenvalue weighted by molar-refractivity contribution is -0.137. The Hall–Kier alpha value is -2.25. The zero-order chi connectivity index (χ0) is 17.8. The van der Waals surface area contributed by atoms with Crippen LogP contribution in [0.2, 0.25) is 0 Å². The maximum absolute atomic E-state index is 13.0. The van der Waals surface area contributed by atoms with Crippen LogP contribution in [0, 0.1) is 12.3 Å². The second-order valence-electron chi connectivity index (χ2n) is 6.73. The minimum Gasteiger partial charge on any atom is -0.461 e. The van der Waals surface area contributed by atoms with Crippen molar-refractivity contribution in [2.45, 2.75) is 45.2 Å². The number of amides is 1. The van der Waals surface area contributed by atoms with Gasteiger partial charge in [0.25, 0.3) is 0 Å². The quantitative estimate of drug-likeness (QED) is 0.784. The third kappa shape index (κ3) is 3.57. The van der Waals surface area contributed by atoms with Crippen LogP contribution in [0.5, 0.6) is 0 Å². The predicted molar refractivity (Wildman–Crippen MR) is 100 cm³/mol. The van der Waals surface area contributed by atoms with E-state index < -0.39 is 0 Å². The normalized spacial score (nSPS) is 18.2. The van der Waals surface area contributed by atoms with Crippen LogP contribution in [-0.4, -0.2) is 41.9 Å². The molecule has 1 amide bonds. The summed E-state index contributed by atoms with van der Waals surface area (Å²) in [6.45, 7) is 4.10. The number of benzene rings is 1. The van der Waals surface area contributed by atoms with Gasteiger partial charge in [-0.1, -0.05) is 37.5 Å². The van der Waals surface area contributed by atoms with Crippen molar-refractivity contribution in [3.8, 4) is 12.3 Å². The number of carbonyl (C=O) groups is 1. The van der Waals surface area contributed by atoms with Gasteiger partial charge in [0.05, 0.1) is 12.6 Å². The Kier molecular flexibility index (Phi) is 5.45. The van der Waals surface area contributed by atoms with Crippen LogP contribution in [0.25, 0.3) is 11.0 Å². The van der Waals surface area contributed by atoms with Gasteiger partial charge in [0.1, 0.15) is 11.3 Å². The minimum atomic E-state index is -0.0990. The number of hydrogen-bond donors (Lipinski definition) is 0. The molecular formula is C21H26N2O2. The summed E-state index contributed by atoms with van der Waals surface area (Å²) in [7, 11) is 1.88. The van der Waals surface area contributed by atoms with Crippen molar-refractivity contribution in [3.63, 3.8) is 0 Å². The second kappa shape index (κ2) is 7.76. The fourth-order valence-electron chi connectivity index (χ4n) is 3.76.